The Morgan fingerprint density at radius 3 is 2.62 bits per heavy atom. The van der Waals surface area contributed by atoms with Crippen molar-refractivity contribution in [3.05, 3.63) is 30.5 Å². The molecule has 0 bridgehead atoms. The molecule has 1 aromatic rings. The van der Waals surface area contributed by atoms with Gasteiger partial charge in [0.05, 0.1) is 18.6 Å². The number of hydrogen-bond donors (Lipinski definition) is 1. The number of carbonyl (C=O) groups excluding carboxylic acids is 2. The quantitative estimate of drug-likeness (QED) is 0.488. The number of aromatic nitrogens is 1. The average Bonchev–Trinajstić information content (AvgIpc) is 3.32. The number of piperazine rings is 1. The van der Waals surface area contributed by atoms with Gasteiger partial charge in [0.2, 0.25) is 11.8 Å². The van der Waals surface area contributed by atoms with Crippen molar-refractivity contribution >= 4 is 11.8 Å². The summed E-state index contributed by atoms with van der Waals surface area (Å²) < 4.78 is 5.62. The highest BCUT2D eigenvalue weighted by atomic mass is 16.3. The molecule has 0 radical (unpaired) electrons. The zero-order valence-electron chi connectivity index (χ0n) is 20.8. The van der Waals surface area contributed by atoms with Crippen LogP contribution < -0.4 is 0 Å². The Kier molecular flexibility index (Phi) is 10.1. The standard InChI is InChI=1S/C25H41N5O4/c1-4-7-10-21(31)17-27-12-14-28(15-13-27)18-23-26-22(19-34-23)25(33)30-11-8-9-20(16-30)24(32)29(5-2)6-3/h4,19-21,31H,1,5-18H2,2-3H3. The molecule has 9 nitrogen and oxygen atoms in total. The van der Waals surface area contributed by atoms with Crippen LogP contribution in [0.3, 0.4) is 0 Å². The van der Waals surface area contributed by atoms with E-state index in [0.29, 0.717) is 50.9 Å². The van der Waals surface area contributed by atoms with Crippen LogP contribution in [0, 0.1) is 5.92 Å². The number of piperidine rings is 1. The van der Waals surface area contributed by atoms with E-state index in [1.807, 2.05) is 24.8 Å². The fraction of sp³-hybridized carbons (Fsp3) is 0.720. The summed E-state index contributed by atoms with van der Waals surface area (Å²) >= 11 is 0. The maximum atomic E-state index is 13.0. The third-order valence-electron chi connectivity index (χ3n) is 6.90. The van der Waals surface area contributed by atoms with Crippen LogP contribution in [0.25, 0.3) is 0 Å². The lowest BCUT2D eigenvalue weighted by molar-refractivity contribution is -0.136. The first kappa shape index (κ1) is 26.4. The van der Waals surface area contributed by atoms with Gasteiger partial charge in [-0.15, -0.1) is 6.58 Å². The number of amides is 2. The van der Waals surface area contributed by atoms with E-state index in [1.54, 1.807) is 4.90 Å². The second kappa shape index (κ2) is 13.0. The molecule has 2 unspecified atom stereocenters. The van der Waals surface area contributed by atoms with E-state index in [2.05, 4.69) is 21.4 Å². The molecule has 190 valence electrons. The Balaban J connectivity index is 1.47. The smallest absolute Gasteiger partial charge is 0.275 e. The molecule has 2 fully saturated rings. The van der Waals surface area contributed by atoms with Crippen LogP contribution in [0.5, 0.6) is 0 Å². The number of likely N-dealkylation sites (tertiary alicyclic amines) is 1. The molecule has 2 aliphatic rings. The van der Waals surface area contributed by atoms with Crippen LogP contribution >= 0.6 is 0 Å². The van der Waals surface area contributed by atoms with Crippen LogP contribution in [0.2, 0.25) is 0 Å². The highest BCUT2D eigenvalue weighted by Gasteiger charge is 2.32. The van der Waals surface area contributed by atoms with Crippen LogP contribution in [0.1, 0.15) is 55.9 Å². The predicted molar refractivity (Wildman–Crippen MR) is 130 cm³/mol. The number of aliphatic hydroxyl groups excluding tert-OH is 1. The molecular weight excluding hydrogens is 434 g/mol. The van der Waals surface area contributed by atoms with Gasteiger partial charge >= 0.3 is 0 Å². The molecule has 2 saturated heterocycles. The molecule has 1 N–H and O–H groups in total. The fourth-order valence-electron chi connectivity index (χ4n) is 4.82. The zero-order valence-corrected chi connectivity index (χ0v) is 20.8. The molecule has 34 heavy (non-hydrogen) atoms. The van der Waals surface area contributed by atoms with E-state index in [1.165, 1.54) is 6.26 Å². The van der Waals surface area contributed by atoms with Crippen LogP contribution in [-0.4, -0.2) is 107 Å². The number of oxazole rings is 1. The number of allylic oxidation sites excluding steroid dienone is 1. The van der Waals surface area contributed by atoms with Crippen molar-refractivity contribution in [2.75, 3.05) is 58.9 Å². The molecule has 3 rings (SSSR count). The van der Waals surface area contributed by atoms with Crippen molar-refractivity contribution in [1.82, 2.24) is 24.6 Å². The largest absolute Gasteiger partial charge is 0.447 e. The van der Waals surface area contributed by atoms with Gasteiger partial charge in [-0.05, 0) is 39.5 Å². The van der Waals surface area contributed by atoms with E-state index >= 15 is 0 Å². The molecular formula is C25H41N5O4. The Labute approximate surface area is 203 Å². The topological polar surface area (TPSA) is 93.4 Å². The molecule has 1 aromatic heterocycles. The van der Waals surface area contributed by atoms with Crippen LogP contribution in [-0.2, 0) is 11.3 Å². The summed E-state index contributed by atoms with van der Waals surface area (Å²) in [6.45, 7) is 14.9. The van der Waals surface area contributed by atoms with Crippen molar-refractivity contribution in [1.29, 1.82) is 0 Å². The van der Waals surface area contributed by atoms with Gasteiger partial charge in [0, 0.05) is 58.9 Å². The van der Waals surface area contributed by atoms with E-state index in [0.717, 1.165) is 51.9 Å². The van der Waals surface area contributed by atoms with Gasteiger partial charge in [0.25, 0.3) is 5.91 Å². The molecule has 9 heteroatoms. The molecule has 2 atom stereocenters. The minimum Gasteiger partial charge on any atom is -0.447 e. The Bertz CT molecular complexity index is 801. The first-order valence-electron chi connectivity index (χ1n) is 12.7. The molecule has 3 heterocycles. The second-order valence-corrected chi connectivity index (χ2v) is 9.32. The van der Waals surface area contributed by atoms with Gasteiger partial charge < -0.3 is 19.3 Å². The van der Waals surface area contributed by atoms with Crippen molar-refractivity contribution in [3.8, 4) is 0 Å². The zero-order chi connectivity index (χ0) is 24.5. The number of aliphatic hydroxyl groups is 1. The minimum absolute atomic E-state index is 0.135. The summed E-state index contributed by atoms with van der Waals surface area (Å²) in [5.41, 5.74) is 0.315. The summed E-state index contributed by atoms with van der Waals surface area (Å²) in [6, 6.07) is 0. The Hall–Kier alpha value is -2.23. The van der Waals surface area contributed by atoms with Gasteiger partial charge in [-0.2, -0.15) is 0 Å². The van der Waals surface area contributed by atoms with E-state index in [4.69, 9.17) is 4.42 Å². The van der Waals surface area contributed by atoms with E-state index < -0.39 is 0 Å². The molecule has 2 amide bonds. The van der Waals surface area contributed by atoms with Crippen molar-refractivity contribution < 1.29 is 19.1 Å². The van der Waals surface area contributed by atoms with E-state index in [-0.39, 0.29) is 23.8 Å². The maximum Gasteiger partial charge on any atom is 0.275 e. The number of hydrogen-bond acceptors (Lipinski definition) is 7. The highest BCUT2D eigenvalue weighted by molar-refractivity contribution is 5.92. The normalized spacial score (nSPS) is 20.8. The lowest BCUT2D eigenvalue weighted by Gasteiger charge is -2.35. The molecule has 0 saturated carbocycles. The minimum atomic E-state index is -0.318. The molecule has 0 aliphatic carbocycles. The first-order valence-corrected chi connectivity index (χ1v) is 12.7. The van der Waals surface area contributed by atoms with Crippen molar-refractivity contribution in [2.45, 2.75) is 52.2 Å². The van der Waals surface area contributed by atoms with Gasteiger partial charge in [0.1, 0.15) is 6.26 Å². The van der Waals surface area contributed by atoms with Gasteiger partial charge in [-0.3, -0.25) is 19.4 Å². The lowest BCUT2D eigenvalue weighted by atomic mass is 9.96. The highest BCUT2D eigenvalue weighted by Crippen LogP contribution is 2.21. The predicted octanol–water partition coefficient (Wildman–Crippen LogP) is 1.84. The summed E-state index contributed by atoms with van der Waals surface area (Å²) in [5.74, 6) is 0.368. The second-order valence-electron chi connectivity index (χ2n) is 9.32. The summed E-state index contributed by atoms with van der Waals surface area (Å²) in [6.07, 6.45) is 6.18. The SMILES string of the molecule is C=CCCC(O)CN1CCN(Cc2nc(C(=O)N3CCCC(C(=O)N(CC)CC)C3)co2)CC1. The van der Waals surface area contributed by atoms with Crippen molar-refractivity contribution in [3.63, 3.8) is 0 Å². The fourth-order valence-corrected chi connectivity index (χ4v) is 4.82. The van der Waals surface area contributed by atoms with Gasteiger partial charge in [-0.1, -0.05) is 6.08 Å². The average molecular weight is 476 g/mol. The van der Waals surface area contributed by atoms with Crippen molar-refractivity contribution in [2.24, 2.45) is 5.92 Å². The first-order chi connectivity index (χ1) is 16.4. The van der Waals surface area contributed by atoms with Crippen LogP contribution in [0.15, 0.2) is 23.3 Å². The van der Waals surface area contributed by atoms with Crippen LogP contribution in [0.4, 0.5) is 0 Å². The third-order valence-corrected chi connectivity index (χ3v) is 6.90. The molecule has 0 spiro atoms. The summed E-state index contributed by atoms with van der Waals surface area (Å²) in [4.78, 5) is 38.4. The lowest BCUT2D eigenvalue weighted by Crippen LogP contribution is -2.48. The monoisotopic (exact) mass is 475 g/mol. The summed E-state index contributed by atoms with van der Waals surface area (Å²) in [7, 11) is 0. The molecule has 0 aromatic carbocycles. The maximum absolute atomic E-state index is 13.0. The number of β-amino-alcohol motifs (C(OH)–C–C–N with tert-alkyl or cyclic N) is 1. The Morgan fingerprint density at radius 2 is 1.94 bits per heavy atom. The van der Waals surface area contributed by atoms with Gasteiger partial charge in [0.15, 0.2) is 5.69 Å². The summed E-state index contributed by atoms with van der Waals surface area (Å²) in [5, 5.41) is 10.1. The number of rotatable bonds is 11. The molecule has 2 aliphatic heterocycles. The number of carbonyl (C=O) groups is 2. The third kappa shape index (κ3) is 7.13. The Morgan fingerprint density at radius 1 is 1.24 bits per heavy atom. The number of nitrogens with zero attached hydrogens (tertiary/aromatic N) is 5. The van der Waals surface area contributed by atoms with E-state index in [9.17, 15) is 14.7 Å². The van der Waals surface area contributed by atoms with Gasteiger partial charge in [-0.25, -0.2) is 4.98 Å².